The monoisotopic (exact) mass is 378 g/mol. The Bertz CT molecular complexity index is 729. The SMILES string of the molecule is COCc1ccc2nc(CCCC[N+](C)(C)C)nc(SC)c2c1COC. The van der Waals surface area contributed by atoms with Crippen molar-refractivity contribution in [2.24, 2.45) is 0 Å². The van der Waals surface area contributed by atoms with Crippen molar-refractivity contribution in [3.05, 3.63) is 29.1 Å². The van der Waals surface area contributed by atoms with Crippen molar-refractivity contribution in [1.82, 2.24) is 9.97 Å². The van der Waals surface area contributed by atoms with Gasteiger partial charge in [0, 0.05) is 26.0 Å². The van der Waals surface area contributed by atoms with Gasteiger partial charge in [0.25, 0.3) is 0 Å². The van der Waals surface area contributed by atoms with E-state index in [1.165, 1.54) is 13.0 Å². The number of nitrogens with zero attached hydrogens (tertiary/aromatic N) is 3. The molecular weight excluding hydrogens is 346 g/mol. The Labute approximate surface area is 161 Å². The fourth-order valence-corrected chi connectivity index (χ4v) is 3.70. The highest BCUT2D eigenvalue weighted by atomic mass is 32.2. The zero-order chi connectivity index (χ0) is 19.2. The summed E-state index contributed by atoms with van der Waals surface area (Å²) in [5, 5.41) is 2.13. The summed E-state index contributed by atoms with van der Waals surface area (Å²) in [5.41, 5.74) is 3.27. The quantitative estimate of drug-likeness (QED) is 0.273. The fraction of sp³-hybridized carbons (Fsp3) is 0.600. The van der Waals surface area contributed by atoms with E-state index < -0.39 is 0 Å². The summed E-state index contributed by atoms with van der Waals surface area (Å²) < 4.78 is 11.8. The van der Waals surface area contributed by atoms with Crippen LogP contribution in [0.4, 0.5) is 0 Å². The number of hydrogen-bond donors (Lipinski definition) is 0. The number of thioether (sulfide) groups is 1. The number of ether oxygens (including phenoxy) is 2. The van der Waals surface area contributed by atoms with Gasteiger partial charge in [-0.1, -0.05) is 6.07 Å². The summed E-state index contributed by atoms with van der Waals surface area (Å²) in [4.78, 5) is 9.68. The highest BCUT2D eigenvalue weighted by Gasteiger charge is 2.15. The topological polar surface area (TPSA) is 44.2 Å². The number of methoxy groups -OCH3 is 2. The number of hydrogen-bond acceptors (Lipinski definition) is 5. The van der Waals surface area contributed by atoms with Gasteiger partial charge in [-0.2, -0.15) is 0 Å². The molecule has 0 unspecified atom stereocenters. The van der Waals surface area contributed by atoms with E-state index in [-0.39, 0.29) is 0 Å². The molecule has 0 bridgehead atoms. The lowest BCUT2D eigenvalue weighted by Gasteiger charge is -2.23. The van der Waals surface area contributed by atoms with Gasteiger partial charge < -0.3 is 14.0 Å². The lowest BCUT2D eigenvalue weighted by Crippen LogP contribution is -2.35. The number of rotatable bonds is 10. The van der Waals surface area contributed by atoms with E-state index in [9.17, 15) is 0 Å². The highest BCUT2D eigenvalue weighted by molar-refractivity contribution is 7.98. The first-order valence-electron chi connectivity index (χ1n) is 9.03. The van der Waals surface area contributed by atoms with Crippen LogP contribution in [-0.4, -0.2) is 62.6 Å². The Morgan fingerprint density at radius 3 is 2.35 bits per heavy atom. The molecule has 26 heavy (non-hydrogen) atoms. The highest BCUT2D eigenvalue weighted by Crippen LogP contribution is 2.30. The van der Waals surface area contributed by atoms with Gasteiger partial charge in [0.2, 0.25) is 0 Å². The van der Waals surface area contributed by atoms with Crippen LogP contribution in [0.3, 0.4) is 0 Å². The van der Waals surface area contributed by atoms with E-state index in [0.717, 1.165) is 50.2 Å². The summed E-state index contributed by atoms with van der Waals surface area (Å²) in [6.45, 7) is 2.27. The molecule has 144 valence electrons. The maximum atomic E-state index is 5.44. The summed E-state index contributed by atoms with van der Waals surface area (Å²) in [5.74, 6) is 0.936. The standard InChI is InChI=1S/C20H32N3O2S/c1-23(2,3)12-8-7-9-18-21-17-11-10-15(13-24-4)16(14-25-5)19(17)20(22-18)26-6/h10-11H,7-9,12-14H2,1-6H3/q+1. The van der Waals surface area contributed by atoms with Gasteiger partial charge in [0.05, 0.1) is 46.4 Å². The molecule has 0 atom stereocenters. The second-order valence-corrected chi connectivity index (χ2v) is 8.38. The van der Waals surface area contributed by atoms with Crippen LogP contribution < -0.4 is 0 Å². The van der Waals surface area contributed by atoms with Crippen LogP contribution >= 0.6 is 11.8 Å². The summed E-state index contributed by atoms with van der Waals surface area (Å²) >= 11 is 1.67. The first kappa shape index (κ1) is 21.1. The van der Waals surface area contributed by atoms with Gasteiger partial charge in [-0.15, -0.1) is 11.8 Å². The summed E-state index contributed by atoms with van der Waals surface area (Å²) in [6.07, 6.45) is 5.29. The lowest BCUT2D eigenvalue weighted by atomic mass is 10.0. The predicted octanol–water partition coefficient (Wildman–Crippen LogP) is 3.67. The molecule has 0 radical (unpaired) electrons. The van der Waals surface area contributed by atoms with Crippen LogP contribution in [0, 0.1) is 0 Å². The van der Waals surface area contributed by atoms with E-state index >= 15 is 0 Å². The van der Waals surface area contributed by atoms with Crippen molar-refractivity contribution in [1.29, 1.82) is 0 Å². The Morgan fingerprint density at radius 2 is 1.73 bits per heavy atom. The van der Waals surface area contributed by atoms with Crippen LogP contribution in [0.25, 0.3) is 10.9 Å². The second-order valence-electron chi connectivity index (χ2n) is 7.58. The third-order valence-corrected chi connectivity index (χ3v) is 5.03. The number of aromatic nitrogens is 2. The fourth-order valence-electron chi connectivity index (χ4n) is 3.08. The molecule has 0 spiro atoms. The molecule has 0 N–H and O–H groups in total. The largest absolute Gasteiger partial charge is 0.380 e. The Balaban J connectivity index is 2.32. The molecular formula is C20H32N3O2S+. The molecule has 0 amide bonds. The first-order valence-corrected chi connectivity index (χ1v) is 10.3. The van der Waals surface area contributed by atoms with Crippen molar-refractivity contribution in [3.8, 4) is 0 Å². The number of benzene rings is 1. The van der Waals surface area contributed by atoms with Gasteiger partial charge in [-0.25, -0.2) is 9.97 Å². The molecule has 6 heteroatoms. The van der Waals surface area contributed by atoms with Crippen LogP contribution in [-0.2, 0) is 29.1 Å². The molecule has 0 aliphatic heterocycles. The van der Waals surface area contributed by atoms with E-state index in [1.54, 1.807) is 26.0 Å². The zero-order valence-corrected chi connectivity index (χ0v) is 17.8. The van der Waals surface area contributed by atoms with Crippen molar-refractivity contribution < 1.29 is 14.0 Å². The van der Waals surface area contributed by atoms with Gasteiger partial charge in [-0.05, 0) is 36.3 Å². The maximum absolute atomic E-state index is 5.44. The van der Waals surface area contributed by atoms with Crippen molar-refractivity contribution in [2.45, 2.75) is 37.5 Å². The molecule has 5 nitrogen and oxygen atoms in total. The van der Waals surface area contributed by atoms with Gasteiger partial charge >= 0.3 is 0 Å². The van der Waals surface area contributed by atoms with E-state index in [0.29, 0.717) is 13.2 Å². The lowest BCUT2D eigenvalue weighted by molar-refractivity contribution is -0.870. The van der Waals surface area contributed by atoms with Gasteiger partial charge in [0.15, 0.2) is 0 Å². The van der Waals surface area contributed by atoms with Crippen LogP contribution in [0.15, 0.2) is 17.2 Å². The summed E-state index contributed by atoms with van der Waals surface area (Å²) in [6, 6.07) is 4.18. The smallest absolute Gasteiger partial charge is 0.130 e. The summed E-state index contributed by atoms with van der Waals surface area (Å²) in [7, 11) is 10.1. The minimum atomic E-state index is 0.538. The third-order valence-electron chi connectivity index (χ3n) is 4.34. The predicted molar refractivity (Wildman–Crippen MR) is 109 cm³/mol. The van der Waals surface area contributed by atoms with Crippen molar-refractivity contribution in [3.63, 3.8) is 0 Å². The molecule has 0 fully saturated rings. The normalized spacial score (nSPS) is 12.1. The first-order chi connectivity index (χ1) is 12.4. The Hall–Kier alpha value is -1.21. The van der Waals surface area contributed by atoms with Gasteiger partial charge in [-0.3, -0.25) is 0 Å². The number of unbranched alkanes of at least 4 members (excludes halogenated alkanes) is 1. The second kappa shape index (κ2) is 9.65. The minimum Gasteiger partial charge on any atom is -0.380 e. The average Bonchev–Trinajstić information content (AvgIpc) is 2.59. The molecule has 0 saturated heterocycles. The molecule has 0 saturated carbocycles. The minimum absolute atomic E-state index is 0.538. The number of aryl methyl sites for hydroxylation is 1. The third kappa shape index (κ3) is 5.64. The van der Waals surface area contributed by atoms with E-state index in [1.807, 2.05) is 0 Å². The number of fused-ring (bicyclic) bond motifs is 1. The molecule has 0 aliphatic carbocycles. The van der Waals surface area contributed by atoms with Crippen LogP contribution in [0.5, 0.6) is 0 Å². The zero-order valence-electron chi connectivity index (χ0n) is 17.0. The average molecular weight is 379 g/mol. The number of quaternary nitrogens is 1. The van der Waals surface area contributed by atoms with E-state index in [2.05, 4.69) is 39.5 Å². The Morgan fingerprint density at radius 1 is 1.00 bits per heavy atom. The van der Waals surface area contributed by atoms with Crippen LogP contribution in [0.2, 0.25) is 0 Å². The van der Waals surface area contributed by atoms with Crippen molar-refractivity contribution in [2.75, 3.05) is 48.2 Å². The van der Waals surface area contributed by atoms with Gasteiger partial charge in [0.1, 0.15) is 10.9 Å². The molecule has 1 aromatic heterocycles. The van der Waals surface area contributed by atoms with Crippen LogP contribution in [0.1, 0.15) is 29.8 Å². The van der Waals surface area contributed by atoms with E-state index in [4.69, 9.17) is 19.4 Å². The maximum Gasteiger partial charge on any atom is 0.130 e. The molecule has 0 aliphatic rings. The molecule has 2 rings (SSSR count). The molecule has 2 aromatic rings. The molecule has 1 heterocycles. The Kier molecular flexibility index (Phi) is 7.83. The molecule has 1 aromatic carbocycles. The van der Waals surface area contributed by atoms with Crippen molar-refractivity contribution >= 4 is 22.7 Å².